The minimum atomic E-state index is -0.466. The van der Waals surface area contributed by atoms with E-state index in [1.54, 1.807) is 0 Å². The van der Waals surface area contributed by atoms with Crippen molar-refractivity contribution in [3.05, 3.63) is 34.3 Å². The van der Waals surface area contributed by atoms with Gasteiger partial charge in [0, 0.05) is 10.4 Å². The Bertz CT molecular complexity index is 467. The molecule has 1 aromatic rings. The van der Waals surface area contributed by atoms with Crippen LogP contribution in [0.5, 0.6) is 0 Å². The second-order valence-electron chi connectivity index (χ2n) is 5.98. The molecule has 1 heterocycles. The summed E-state index contributed by atoms with van der Waals surface area (Å²) in [5, 5.41) is 3.27. The van der Waals surface area contributed by atoms with Crippen LogP contribution in [0.15, 0.2) is 28.7 Å². The lowest BCUT2D eigenvalue weighted by Gasteiger charge is -2.25. The molecule has 1 fully saturated rings. The maximum absolute atomic E-state index is 12.0. The van der Waals surface area contributed by atoms with Crippen molar-refractivity contribution < 1.29 is 9.53 Å². The van der Waals surface area contributed by atoms with Gasteiger partial charge in [-0.1, -0.05) is 28.1 Å². The van der Waals surface area contributed by atoms with Crippen LogP contribution in [-0.4, -0.2) is 18.7 Å². The Morgan fingerprint density at radius 3 is 2.79 bits per heavy atom. The van der Waals surface area contributed by atoms with Crippen molar-refractivity contribution in [2.75, 3.05) is 6.54 Å². The smallest absolute Gasteiger partial charge is 0.312 e. The van der Waals surface area contributed by atoms with Crippen LogP contribution >= 0.6 is 15.9 Å². The fourth-order valence-electron chi connectivity index (χ4n) is 2.17. The fourth-order valence-corrected chi connectivity index (χ4v) is 2.59. The molecule has 2 atom stereocenters. The zero-order valence-electron chi connectivity index (χ0n) is 11.6. The Labute approximate surface area is 122 Å². The Morgan fingerprint density at radius 2 is 2.16 bits per heavy atom. The van der Waals surface area contributed by atoms with E-state index in [2.05, 4.69) is 33.4 Å². The van der Waals surface area contributed by atoms with Gasteiger partial charge >= 0.3 is 5.97 Å². The minimum absolute atomic E-state index is 0.160. The highest BCUT2D eigenvalue weighted by Gasteiger charge is 2.34. The highest BCUT2D eigenvalue weighted by atomic mass is 79.9. The average Bonchev–Trinajstić information content (AvgIpc) is 2.76. The number of ether oxygens (including phenoxy) is 1. The molecule has 0 spiro atoms. The Hall–Kier alpha value is -0.870. The number of carbonyl (C=O) groups is 1. The molecule has 0 radical (unpaired) electrons. The van der Waals surface area contributed by atoms with E-state index in [4.69, 9.17) is 4.74 Å². The van der Waals surface area contributed by atoms with Gasteiger partial charge in [0.05, 0.1) is 5.41 Å². The second kappa shape index (κ2) is 5.63. The summed E-state index contributed by atoms with van der Waals surface area (Å²) in [6, 6.07) is 8.19. The number of halogens is 1. The van der Waals surface area contributed by atoms with Crippen LogP contribution in [0.1, 0.15) is 38.7 Å². The van der Waals surface area contributed by atoms with E-state index in [1.165, 1.54) is 5.56 Å². The molecule has 0 bridgehead atoms. The van der Waals surface area contributed by atoms with Gasteiger partial charge in [-0.25, -0.2) is 0 Å². The zero-order chi connectivity index (χ0) is 14.0. The zero-order valence-corrected chi connectivity index (χ0v) is 13.2. The normalized spacial score (nSPS) is 23.4. The van der Waals surface area contributed by atoms with E-state index in [0.29, 0.717) is 0 Å². The van der Waals surface area contributed by atoms with Crippen LogP contribution in [0, 0.1) is 5.41 Å². The number of rotatable bonds is 2. The molecule has 1 aliphatic heterocycles. The van der Waals surface area contributed by atoms with Crippen molar-refractivity contribution in [2.24, 2.45) is 5.41 Å². The van der Waals surface area contributed by atoms with Crippen molar-refractivity contribution in [1.82, 2.24) is 5.32 Å². The maximum Gasteiger partial charge on any atom is 0.312 e. The Morgan fingerprint density at radius 1 is 1.42 bits per heavy atom. The van der Waals surface area contributed by atoms with E-state index in [9.17, 15) is 4.79 Å². The number of hydrogen-bond acceptors (Lipinski definition) is 3. The molecule has 104 valence electrons. The first-order valence-corrected chi connectivity index (χ1v) is 7.37. The highest BCUT2D eigenvalue weighted by molar-refractivity contribution is 9.10. The van der Waals surface area contributed by atoms with E-state index in [0.717, 1.165) is 17.4 Å². The molecule has 1 aromatic carbocycles. The first kappa shape index (κ1) is 14.5. The van der Waals surface area contributed by atoms with Crippen molar-refractivity contribution >= 4 is 21.9 Å². The number of hydrogen-bond donors (Lipinski definition) is 1. The predicted molar refractivity (Wildman–Crippen MR) is 78.8 cm³/mol. The summed E-state index contributed by atoms with van der Waals surface area (Å²) in [5.41, 5.74) is 0.734. The molecule has 4 heteroatoms. The summed E-state index contributed by atoms with van der Waals surface area (Å²) in [7, 11) is 0. The second-order valence-corrected chi connectivity index (χ2v) is 6.90. The monoisotopic (exact) mass is 325 g/mol. The third-order valence-corrected chi connectivity index (χ3v) is 3.78. The third-order valence-electron chi connectivity index (χ3n) is 3.29. The SMILES string of the molecule is CC(C)(C)C(=O)OC1NCCC1c1cccc(Br)c1. The highest BCUT2D eigenvalue weighted by Crippen LogP contribution is 2.31. The largest absolute Gasteiger partial charge is 0.445 e. The van der Waals surface area contributed by atoms with Gasteiger partial charge in [-0.2, -0.15) is 0 Å². The van der Waals surface area contributed by atoms with E-state index >= 15 is 0 Å². The topological polar surface area (TPSA) is 38.3 Å². The van der Waals surface area contributed by atoms with Gasteiger partial charge in [0.25, 0.3) is 0 Å². The van der Waals surface area contributed by atoms with Gasteiger partial charge in [-0.15, -0.1) is 0 Å². The minimum Gasteiger partial charge on any atom is -0.445 e. The van der Waals surface area contributed by atoms with Crippen LogP contribution in [0.25, 0.3) is 0 Å². The molecule has 1 N–H and O–H groups in total. The van der Waals surface area contributed by atoms with E-state index in [-0.39, 0.29) is 18.1 Å². The molecule has 19 heavy (non-hydrogen) atoms. The number of nitrogens with one attached hydrogen (secondary N) is 1. The number of benzene rings is 1. The van der Waals surface area contributed by atoms with Gasteiger partial charge in [0.15, 0.2) is 6.23 Å². The summed E-state index contributed by atoms with van der Waals surface area (Å²) < 4.78 is 6.67. The molecule has 2 rings (SSSR count). The summed E-state index contributed by atoms with van der Waals surface area (Å²) in [6.45, 7) is 6.49. The fraction of sp³-hybridized carbons (Fsp3) is 0.533. The molecule has 0 aliphatic carbocycles. The average molecular weight is 326 g/mol. The number of carbonyl (C=O) groups excluding carboxylic acids is 1. The van der Waals surface area contributed by atoms with E-state index < -0.39 is 5.41 Å². The Balaban J connectivity index is 2.11. The molecule has 1 saturated heterocycles. The van der Waals surface area contributed by atoms with Crippen LogP contribution in [-0.2, 0) is 9.53 Å². The molecular weight excluding hydrogens is 306 g/mol. The van der Waals surface area contributed by atoms with Gasteiger partial charge in [-0.3, -0.25) is 10.1 Å². The molecule has 0 aromatic heterocycles. The van der Waals surface area contributed by atoms with Gasteiger partial charge in [0.2, 0.25) is 0 Å². The summed E-state index contributed by atoms with van der Waals surface area (Å²) in [4.78, 5) is 12.0. The third kappa shape index (κ3) is 3.57. The van der Waals surface area contributed by atoms with Crippen LogP contribution in [0.2, 0.25) is 0 Å². The molecule has 0 saturated carbocycles. The van der Waals surface area contributed by atoms with Crippen LogP contribution < -0.4 is 5.32 Å². The first-order valence-electron chi connectivity index (χ1n) is 6.58. The molecule has 1 aliphatic rings. The van der Waals surface area contributed by atoms with Crippen molar-refractivity contribution in [2.45, 2.75) is 39.3 Å². The van der Waals surface area contributed by atoms with Crippen LogP contribution in [0.4, 0.5) is 0 Å². The maximum atomic E-state index is 12.0. The summed E-state index contributed by atoms with van der Waals surface area (Å²) in [5.74, 6) is 0.0655. The summed E-state index contributed by atoms with van der Waals surface area (Å²) >= 11 is 3.48. The number of esters is 1. The van der Waals surface area contributed by atoms with Crippen LogP contribution in [0.3, 0.4) is 0 Å². The van der Waals surface area contributed by atoms with Gasteiger partial charge in [0.1, 0.15) is 0 Å². The lowest BCUT2D eigenvalue weighted by molar-refractivity contribution is -0.160. The van der Waals surface area contributed by atoms with Gasteiger partial charge < -0.3 is 4.74 Å². The molecule has 3 nitrogen and oxygen atoms in total. The van der Waals surface area contributed by atoms with Crippen molar-refractivity contribution in [1.29, 1.82) is 0 Å². The van der Waals surface area contributed by atoms with Crippen molar-refractivity contribution in [3.8, 4) is 0 Å². The standard InChI is InChI=1S/C15H20BrNO2/c1-15(2,3)14(18)19-13-12(7-8-17-13)10-5-4-6-11(16)9-10/h4-6,9,12-13,17H,7-8H2,1-3H3. The quantitative estimate of drug-likeness (QED) is 0.846. The summed E-state index contributed by atoms with van der Waals surface area (Å²) in [6.07, 6.45) is 0.763. The lowest BCUT2D eigenvalue weighted by Crippen LogP contribution is -2.36. The molecule has 2 unspecified atom stereocenters. The first-order chi connectivity index (χ1) is 8.88. The van der Waals surface area contributed by atoms with E-state index in [1.807, 2.05) is 32.9 Å². The molecule has 0 amide bonds. The predicted octanol–water partition coefficient (Wildman–Crippen LogP) is 3.44. The molecular formula is C15H20BrNO2. The van der Waals surface area contributed by atoms with Gasteiger partial charge in [-0.05, 0) is 51.4 Å². The Kier molecular flexibility index (Phi) is 4.31. The lowest BCUT2D eigenvalue weighted by atomic mass is 9.95. The van der Waals surface area contributed by atoms with Crippen molar-refractivity contribution in [3.63, 3.8) is 0 Å².